The van der Waals surface area contributed by atoms with Crippen LogP contribution in [0.2, 0.25) is 0 Å². The number of nitrogens with zero attached hydrogens (tertiary/aromatic N) is 1. The van der Waals surface area contributed by atoms with Crippen molar-refractivity contribution in [3.8, 4) is 22.3 Å². The number of aliphatic imine (C=N–C) groups is 1. The summed E-state index contributed by atoms with van der Waals surface area (Å²) in [6.45, 7) is 13.9. The van der Waals surface area contributed by atoms with E-state index in [0.717, 1.165) is 29.8 Å². The van der Waals surface area contributed by atoms with Gasteiger partial charge in [0.25, 0.3) is 0 Å². The standard InChI is InChI=1S/C56H51N/c1-7-36(3)54(57-55(39-22-13-10-14-23-39)42(8-2)37(4)38-20-11-9-12-21-38)41-31-32-46-44-24-15-16-25-45(44)49-28-19-27-43(53(49)50(46)34-41)40-30-33-48-47-26-17-18-29-51(47)56(5,6)52(48)35-40/h9-35,37,42H,7-8H2,1-6H3/b54-36+,57-55?. The summed E-state index contributed by atoms with van der Waals surface area (Å²) < 4.78 is 0. The fourth-order valence-corrected chi connectivity index (χ4v) is 9.70. The molecule has 9 rings (SSSR count). The van der Waals surface area contributed by atoms with Crippen molar-refractivity contribution in [3.05, 3.63) is 197 Å². The molecule has 0 N–H and O–H groups in total. The van der Waals surface area contributed by atoms with Gasteiger partial charge in [-0.05, 0) is 120 Å². The Morgan fingerprint density at radius 3 is 1.89 bits per heavy atom. The first-order chi connectivity index (χ1) is 27.8. The monoisotopic (exact) mass is 737 g/mol. The molecule has 0 bridgehead atoms. The van der Waals surface area contributed by atoms with Gasteiger partial charge in [0, 0.05) is 16.9 Å². The predicted octanol–water partition coefficient (Wildman–Crippen LogP) is 15.6. The van der Waals surface area contributed by atoms with Crippen molar-refractivity contribution in [2.75, 3.05) is 0 Å². The Balaban J connectivity index is 1.28. The van der Waals surface area contributed by atoms with Gasteiger partial charge in [-0.2, -0.15) is 0 Å². The van der Waals surface area contributed by atoms with Gasteiger partial charge in [0.05, 0.1) is 11.4 Å². The maximum atomic E-state index is 5.81. The number of hydrogen-bond donors (Lipinski definition) is 0. The minimum atomic E-state index is -0.0748. The molecule has 0 aliphatic heterocycles. The van der Waals surface area contributed by atoms with Crippen molar-refractivity contribution in [1.82, 2.24) is 0 Å². The molecule has 0 amide bonds. The Morgan fingerprint density at radius 2 is 1.16 bits per heavy atom. The van der Waals surface area contributed by atoms with Crippen molar-refractivity contribution < 1.29 is 0 Å². The number of rotatable bonds is 9. The average molecular weight is 738 g/mol. The third-order valence-corrected chi connectivity index (χ3v) is 13.0. The second-order valence-electron chi connectivity index (χ2n) is 16.5. The van der Waals surface area contributed by atoms with Gasteiger partial charge in [-0.15, -0.1) is 0 Å². The molecule has 2 unspecified atom stereocenters. The zero-order chi connectivity index (χ0) is 39.3. The lowest BCUT2D eigenvalue weighted by atomic mass is 9.80. The van der Waals surface area contributed by atoms with E-state index in [9.17, 15) is 0 Å². The quantitative estimate of drug-likeness (QED) is 0.103. The van der Waals surface area contributed by atoms with Gasteiger partial charge >= 0.3 is 0 Å². The smallest absolute Gasteiger partial charge is 0.0694 e. The van der Waals surface area contributed by atoms with Crippen LogP contribution in [0.15, 0.2) is 174 Å². The van der Waals surface area contributed by atoms with Crippen molar-refractivity contribution >= 4 is 43.7 Å². The van der Waals surface area contributed by atoms with Crippen molar-refractivity contribution in [2.45, 2.75) is 65.7 Å². The SMILES string of the molecule is CC/C(C)=C(/N=C(c1ccccc1)C(CC)C(C)c1ccccc1)c1ccc2c3ccccc3c3cccc(-c4ccc5c(c4)C(C)(C)c4ccccc4-5)c3c2c1. The highest BCUT2D eigenvalue weighted by atomic mass is 14.8. The summed E-state index contributed by atoms with van der Waals surface area (Å²) in [4.78, 5) is 5.81. The van der Waals surface area contributed by atoms with Gasteiger partial charge in [0.15, 0.2) is 0 Å². The van der Waals surface area contributed by atoms with E-state index >= 15 is 0 Å². The summed E-state index contributed by atoms with van der Waals surface area (Å²) in [5, 5.41) is 7.68. The lowest BCUT2D eigenvalue weighted by molar-refractivity contribution is 0.557. The Hall–Kier alpha value is -6.05. The highest BCUT2D eigenvalue weighted by Crippen LogP contribution is 2.50. The van der Waals surface area contributed by atoms with E-state index < -0.39 is 0 Å². The fourth-order valence-electron chi connectivity index (χ4n) is 9.70. The van der Waals surface area contributed by atoms with Crippen LogP contribution in [0.4, 0.5) is 0 Å². The second kappa shape index (κ2) is 14.8. The van der Waals surface area contributed by atoms with Crippen LogP contribution in [0, 0.1) is 5.92 Å². The molecule has 0 saturated carbocycles. The molecule has 0 heterocycles. The van der Waals surface area contributed by atoms with Crippen LogP contribution in [0.1, 0.15) is 88.1 Å². The number of fused-ring (bicyclic) bond motifs is 9. The van der Waals surface area contributed by atoms with Crippen LogP contribution < -0.4 is 0 Å². The van der Waals surface area contributed by atoms with Crippen molar-refractivity contribution in [1.29, 1.82) is 0 Å². The molecule has 8 aromatic rings. The van der Waals surface area contributed by atoms with Gasteiger partial charge < -0.3 is 0 Å². The van der Waals surface area contributed by atoms with Crippen molar-refractivity contribution in [3.63, 3.8) is 0 Å². The summed E-state index contributed by atoms with van der Waals surface area (Å²) in [6.07, 6.45) is 1.91. The van der Waals surface area contributed by atoms with Crippen LogP contribution in [-0.4, -0.2) is 5.71 Å². The highest BCUT2D eigenvalue weighted by Gasteiger charge is 2.35. The van der Waals surface area contributed by atoms with E-state index in [-0.39, 0.29) is 11.3 Å². The zero-order valence-corrected chi connectivity index (χ0v) is 34.1. The van der Waals surface area contributed by atoms with E-state index in [4.69, 9.17) is 4.99 Å². The lowest BCUT2D eigenvalue weighted by Gasteiger charge is -2.26. The third-order valence-electron chi connectivity index (χ3n) is 13.0. The molecule has 0 saturated heterocycles. The minimum Gasteiger partial charge on any atom is -0.252 e. The first-order valence-electron chi connectivity index (χ1n) is 20.8. The van der Waals surface area contributed by atoms with E-state index in [1.54, 1.807) is 0 Å². The second-order valence-corrected chi connectivity index (χ2v) is 16.5. The summed E-state index contributed by atoms with van der Waals surface area (Å²) in [5.41, 5.74) is 15.2. The molecule has 57 heavy (non-hydrogen) atoms. The molecular weight excluding hydrogens is 687 g/mol. The third kappa shape index (κ3) is 6.21. The first-order valence-corrected chi connectivity index (χ1v) is 20.8. The Bertz CT molecular complexity index is 2850. The van der Waals surface area contributed by atoms with Crippen LogP contribution in [0.25, 0.3) is 60.3 Å². The van der Waals surface area contributed by atoms with Gasteiger partial charge in [-0.1, -0.05) is 186 Å². The Kier molecular flexibility index (Phi) is 9.49. The van der Waals surface area contributed by atoms with Crippen LogP contribution in [0.5, 0.6) is 0 Å². The normalized spacial score (nSPS) is 15.0. The number of allylic oxidation sites excluding steroid dienone is 1. The van der Waals surface area contributed by atoms with E-state index in [1.807, 2.05) is 0 Å². The lowest BCUT2D eigenvalue weighted by Crippen LogP contribution is -2.22. The maximum absolute atomic E-state index is 5.81. The summed E-state index contributed by atoms with van der Waals surface area (Å²) in [5.74, 6) is 0.541. The molecule has 1 nitrogen and oxygen atoms in total. The summed E-state index contributed by atoms with van der Waals surface area (Å²) in [6, 6.07) is 60.9. The molecule has 0 radical (unpaired) electrons. The molecule has 0 aromatic heterocycles. The number of hydrogen-bond acceptors (Lipinski definition) is 1. The molecule has 0 fully saturated rings. The summed E-state index contributed by atoms with van der Waals surface area (Å²) in [7, 11) is 0. The number of benzene rings is 8. The first kappa shape index (κ1) is 36.6. The van der Waals surface area contributed by atoms with Crippen LogP contribution >= 0.6 is 0 Å². The molecule has 8 aromatic carbocycles. The topological polar surface area (TPSA) is 12.4 Å². The van der Waals surface area contributed by atoms with Gasteiger partial charge in [-0.3, -0.25) is 4.99 Å². The molecule has 2 atom stereocenters. The Morgan fingerprint density at radius 1 is 0.544 bits per heavy atom. The fraction of sp³-hybridized carbons (Fsp3) is 0.196. The molecule has 0 spiro atoms. The highest BCUT2D eigenvalue weighted by molar-refractivity contribution is 6.28. The minimum absolute atomic E-state index is 0.0748. The largest absolute Gasteiger partial charge is 0.252 e. The van der Waals surface area contributed by atoms with E-state index in [0.29, 0.717) is 5.92 Å². The summed E-state index contributed by atoms with van der Waals surface area (Å²) >= 11 is 0. The van der Waals surface area contributed by atoms with Gasteiger partial charge in [0.2, 0.25) is 0 Å². The predicted molar refractivity (Wildman–Crippen MR) is 246 cm³/mol. The van der Waals surface area contributed by atoms with Gasteiger partial charge in [0.1, 0.15) is 0 Å². The maximum Gasteiger partial charge on any atom is 0.0694 e. The molecule has 1 heteroatoms. The van der Waals surface area contributed by atoms with E-state index in [2.05, 4.69) is 205 Å². The molecule has 1 aliphatic rings. The zero-order valence-electron chi connectivity index (χ0n) is 34.1. The van der Waals surface area contributed by atoms with Crippen molar-refractivity contribution in [2.24, 2.45) is 10.9 Å². The molecule has 280 valence electrons. The van der Waals surface area contributed by atoms with Gasteiger partial charge in [-0.25, -0.2) is 0 Å². The molecular formula is C56H51N. The van der Waals surface area contributed by atoms with Crippen LogP contribution in [-0.2, 0) is 5.41 Å². The van der Waals surface area contributed by atoms with Crippen LogP contribution in [0.3, 0.4) is 0 Å². The average Bonchev–Trinajstić information content (AvgIpc) is 3.50. The van der Waals surface area contributed by atoms with E-state index in [1.165, 1.54) is 82.4 Å². The molecule has 1 aliphatic carbocycles. The Labute approximate surface area is 338 Å².